The van der Waals surface area contributed by atoms with E-state index in [-0.39, 0.29) is 5.82 Å². The van der Waals surface area contributed by atoms with E-state index in [4.69, 9.17) is 4.98 Å². The quantitative estimate of drug-likeness (QED) is 0.318. The monoisotopic (exact) mass is 463 g/mol. The third-order valence-electron chi connectivity index (χ3n) is 6.18. The first kappa shape index (κ1) is 21.1. The number of hydrogen-bond donors (Lipinski definition) is 3. The molecule has 6 aromatic rings. The van der Waals surface area contributed by atoms with Crippen LogP contribution in [0, 0.1) is 12.7 Å². The Kier molecular flexibility index (Phi) is 5.08. The zero-order valence-corrected chi connectivity index (χ0v) is 19.2. The molecule has 0 spiro atoms. The molecule has 0 fully saturated rings. The van der Waals surface area contributed by atoms with Crippen molar-refractivity contribution < 1.29 is 4.39 Å². The number of nitrogens with one attached hydrogen (secondary N) is 3. The van der Waals surface area contributed by atoms with Crippen LogP contribution in [0.15, 0.2) is 67.3 Å². The molecule has 8 heteroatoms. The number of aromatic nitrogens is 6. The molecule has 0 aliphatic carbocycles. The van der Waals surface area contributed by atoms with E-state index in [0.717, 1.165) is 49.8 Å². The number of pyridine rings is 2. The van der Waals surface area contributed by atoms with Crippen LogP contribution in [0.1, 0.15) is 11.1 Å². The van der Waals surface area contributed by atoms with E-state index in [0.29, 0.717) is 23.6 Å². The SMILES string of the molecule is CNCc1cc(F)cc(-c2cncc3[nH]c(-c4n[nH]c5ccc(-c6cnccc6C)cc45)nc23)c1. The van der Waals surface area contributed by atoms with E-state index < -0.39 is 0 Å². The second-order valence-electron chi connectivity index (χ2n) is 8.57. The topological polar surface area (TPSA) is 95.2 Å². The Bertz CT molecular complexity index is 1700. The van der Waals surface area contributed by atoms with Crippen molar-refractivity contribution in [1.82, 2.24) is 35.5 Å². The van der Waals surface area contributed by atoms with Gasteiger partial charge in [-0.3, -0.25) is 15.1 Å². The predicted molar refractivity (Wildman–Crippen MR) is 135 cm³/mol. The molecule has 0 aliphatic heterocycles. The lowest BCUT2D eigenvalue weighted by Gasteiger charge is -2.06. The van der Waals surface area contributed by atoms with Crippen LogP contribution in [-0.4, -0.2) is 37.2 Å². The highest BCUT2D eigenvalue weighted by Gasteiger charge is 2.17. The largest absolute Gasteiger partial charge is 0.335 e. The van der Waals surface area contributed by atoms with E-state index >= 15 is 0 Å². The molecule has 4 aromatic heterocycles. The summed E-state index contributed by atoms with van der Waals surface area (Å²) in [5.41, 5.74) is 8.71. The van der Waals surface area contributed by atoms with Gasteiger partial charge in [-0.15, -0.1) is 0 Å². The summed E-state index contributed by atoms with van der Waals surface area (Å²) in [5, 5.41) is 11.7. The van der Waals surface area contributed by atoms with Crippen molar-refractivity contribution in [1.29, 1.82) is 0 Å². The fourth-order valence-electron chi connectivity index (χ4n) is 4.50. The van der Waals surface area contributed by atoms with Crippen molar-refractivity contribution in [2.45, 2.75) is 13.5 Å². The summed E-state index contributed by atoms with van der Waals surface area (Å²) in [5.74, 6) is 0.324. The molecule has 3 N–H and O–H groups in total. The first-order valence-electron chi connectivity index (χ1n) is 11.3. The average Bonchev–Trinajstić information content (AvgIpc) is 3.47. The van der Waals surface area contributed by atoms with Crippen LogP contribution in [0.2, 0.25) is 0 Å². The van der Waals surface area contributed by atoms with Gasteiger partial charge in [0.05, 0.1) is 22.7 Å². The highest BCUT2D eigenvalue weighted by Crippen LogP contribution is 2.33. The van der Waals surface area contributed by atoms with Gasteiger partial charge in [-0.2, -0.15) is 5.10 Å². The molecular weight excluding hydrogens is 441 g/mol. The van der Waals surface area contributed by atoms with Gasteiger partial charge in [-0.05, 0) is 72.6 Å². The van der Waals surface area contributed by atoms with Gasteiger partial charge < -0.3 is 10.3 Å². The van der Waals surface area contributed by atoms with Crippen molar-refractivity contribution >= 4 is 21.9 Å². The smallest absolute Gasteiger partial charge is 0.159 e. The number of aryl methyl sites for hydroxylation is 1. The van der Waals surface area contributed by atoms with Gasteiger partial charge in [0, 0.05) is 41.6 Å². The van der Waals surface area contributed by atoms with Crippen LogP contribution in [0.4, 0.5) is 4.39 Å². The molecule has 35 heavy (non-hydrogen) atoms. The molecule has 0 aliphatic rings. The summed E-state index contributed by atoms with van der Waals surface area (Å²) in [7, 11) is 1.84. The molecule has 0 saturated carbocycles. The standard InChI is InChI=1S/C27H22FN7/c1-15-5-6-30-12-21(15)17-3-4-23-20(10-17)26(35-34-23)27-32-24-14-31-13-22(25(24)33-27)18-7-16(11-29-2)8-19(28)9-18/h3-10,12-14,29H,11H2,1-2H3,(H,32,33)(H,34,35). The minimum absolute atomic E-state index is 0.294. The number of halogens is 1. The van der Waals surface area contributed by atoms with Crippen LogP contribution in [0.5, 0.6) is 0 Å². The molecule has 7 nitrogen and oxygen atoms in total. The third kappa shape index (κ3) is 3.74. The van der Waals surface area contributed by atoms with Crippen molar-refractivity contribution in [2.24, 2.45) is 0 Å². The molecule has 0 radical (unpaired) electrons. The highest BCUT2D eigenvalue weighted by atomic mass is 19.1. The number of benzene rings is 2. The summed E-state index contributed by atoms with van der Waals surface area (Å²) in [6.07, 6.45) is 7.11. The molecule has 6 rings (SSSR count). The number of aromatic amines is 2. The maximum atomic E-state index is 14.4. The maximum Gasteiger partial charge on any atom is 0.159 e. The number of hydrogen-bond acceptors (Lipinski definition) is 5. The second kappa shape index (κ2) is 8.41. The van der Waals surface area contributed by atoms with Gasteiger partial charge >= 0.3 is 0 Å². The van der Waals surface area contributed by atoms with E-state index in [1.165, 1.54) is 12.1 Å². The Morgan fingerprint density at radius 3 is 2.66 bits per heavy atom. The number of imidazole rings is 1. The van der Waals surface area contributed by atoms with E-state index in [1.54, 1.807) is 18.6 Å². The summed E-state index contributed by atoms with van der Waals surface area (Å²) < 4.78 is 14.4. The van der Waals surface area contributed by atoms with Gasteiger partial charge in [-0.1, -0.05) is 6.07 Å². The van der Waals surface area contributed by atoms with Gasteiger partial charge in [0.25, 0.3) is 0 Å². The lowest BCUT2D eigenvalue weighted by molar-refractivity contribution is 0.624. The average molecular weight is 464 g/mol. The lowest BCUT2D eigenvalue weighted by atomic mass is 10.0. The van der Waals surface area contributed by atoms with Crippen molar-refractivity contribution in [3.8, 4) is 33.8 Å². The van der Waals surface area contributed by atoms with E-state index in [1.807, 2.05) is 31.4 Å². The third-order valence-corrected chi connectivity index (χ3v) is 6.18. The number of nitrogens with zero attached hydrogens (tertiary/aromatic N) is 4. The molecule has 0 saturated heterocycles. The minimum Gasteiger partial charge on any atom is -0.335 e. The van der Waals surface area contributed by atoms with Crippen LogP contribution in [-0.2, 0) is 6.54 Å². The van der Waals surface area contributed by atoms with Gasteiger partial charge in [0.2, 0.25) is 0 Å². The Labute approximate surface area is 200 Å². The molecule has 0 bridgehead atoms. The summed E-state index contributed by atoms with van der Waals surface area (Å²) in [6, 6.07) is 13.2. The van der Waals surface area contributed by atoms with Gasteiger partial charge in [0.15, 0.2) is 5.82 Å². The number of rotatable bonds is 5. The molecule has 172 valence electrons. The van der Waals surface area contributed by atoms with Crippen molar-refractivity contribution in [2.75, 3.05) is 7.05 Å². The molecule has 4 heterocycles. The number of H-pyrrole nitrogens is 2. The molecule has 0 amide bonds. The lowest BCUT2D eigenvalue weighted by Crippen LogP contribution is -2.05. The second-order valence-corrected chi connectivity index (χ2v) is 8.57. The van der Waals surface area contributed by atoms with Crippen LogP contribution in [0.25, 0.3) is 55.7 Å². The Morgan fingerprint density at radius 1 is 0.914 bits per heavy atom. The fourth-order valence-corrected chi connectivity index (χ4v) is 4.50. The Hall–Kier alpha value is -4.43. The normalized spacial score (nSPS) is 11.5. The Morgan fingerprint density at radius 2 is 1.80 bits per heavy atom. The molecular formula is C27H22FN7. The maximum absolute atomic E-state index is 14.4. The Balaban J connectivity index is 1.49. The summed E-state index contributed by atoms with van der Waals surface area (Å²) >= 11 is 0. The predicted octanol–water partition coefficient (Wildman–Crippen LogP) is 5.40. The summed E-state index contributed by atoms with van der Waals surface area (Å²) in [4.78, 5) is 16.9. The first-order chi connectivity index (χ1) is 17.1. The van der Waals surface area contributed by atoms with Crippen molar-refractivity contribution in [3.05, 3.63) is 84.2 Å². The zero-order valence-electron chi connectivity index (χ0n) is 19.2. The first-order valence-corrected chi connectivity index (χ1v) is 11.3. The highest BCUT2D eigenvalue weighted by molar-refractivity contribution is 5.98. The van der Waals surface area contributed by atoms with Gasteiger partial charge in [0.1, 0.15) is 11.5 Å². The van der Waals surface area contributed by atoms with Crippen LogP contribution in [0.3, 0.4) is 0 Å². The fraction of sp³-hybridized carbons (Fsp3) is 0.111. The van der Waals surface area contributed by atoms with E-state index in [2.05, 4.69) is 49.5 Å². The van der Waals surface area contributed by atoms with Crippen molar-refractivity contribution in [3.63, 3.8) is 0 Å². The molecule has 0 unspecified atom stereocenters. The summed E-state index contributed by atoms with van der Waals surface area (Å²) in [6.45, 7) is 2.64. The van der Waals surface area contributed by atoms with E-state index in [9.17, 15) is 4.39 Å². The zero-order chi connectivity index (χ0) is 23.9. The van der Waals surface area contributed by atoms with Gasteiger partial charge in [-0.25, -0.2) is 9.37 Å². The molecule has 2 aromatic carbocycles. The van der Waals surface area contributed by atoms with Crippen LogP contribution >= 0.6 is 0 Å². The van der Waals surface area contributed by atoms with Crippen LogP contribution < -0.4 is 5.32 Å². The molecule has 0 atom stereocenters. The minimum atomic E-state index is -0.294. The number of fused-ring (bicyclic) bond motifs is 2.